The first kappa shape index (κ1) is 16.8. The van der Waals surface area contributed by atoms with Crippen LogP contribution in [-0.2, 0) is 17.9 Å². The van der Waals surface area contributed by atoms with E-state index in [-0.39, 0.29) is 12.2 Å². The van der Waals surface area contributed by atoms with Crippen molar-refractivity contribution in [2.75, 3.05) is 0 Å². The number of hydrogen-bond acceptors (Lipinski definition) is 2. The zero-order valence-electron chi connectivity index (χ0n) is 11.9. The fourth-order valence-electron chi connectivity index (χ4n) is 1.87. The fraction of sp³-hybridized carbons (Fsp3) is 0.833. The zero-order valence-corrected chi connectivity index (χ0v) is 11.9. The lowest BCUT2D eigenvalue weighted by Crippen LogP contribution is -2.37. The van der Waals surface area contributed by atoms with Crippen molar-refractivity contribution in [1.29, 1.82) is 0 Å². The molecular weight excluding hydrogens is 281 g/mol. The molecule has 0 unspecified atom stereocenters. The molecule has 0 aromatic carbocycles. The summed E-state index contributed by atoms with van der Waals surface area (Å²) in [5.74, 6) is -5.00. The Balaban J connectivity index is 3.38. The Morgan fingerprint density at radius 1 is 1.05 bits per heavy atom. The minimum absolute atomic E-state index is 0.173. The van der Waals surface area contributed by atoms with Crippen LogP contribution in [0, 0.1) is 0 Å². The number of rotatable bonds is 4. The molecule has 0 aliphatic carbocycles. The standard InChI is InChI=1S/C12H18F5N3/c1-5-6-7-20-9(10(2,3)4)8(18-19-20)11(13,14)12(15,16)17/h5-7H2,1-4H3. The van der Waals surface area contributed by atoms with Crippen LogP contribution in [0.3, 0.4) is 0 Å². The molecule has 0 saturated heterocycles. The van der Waals surface area contributed by atoms with E-state index in [9.17, 15) is 22.0 Å². The predicted octanol–water partition coefficient (Wildman–Crippen LogP) is 4.03. The summed E-state index contributed by atoms with van der Waals surface area (Å²) in [6.45, 7) is 6.83. The third kappa shape index (κ3) is 3.09. The molecule has 8 heteroatoms. The second kappa shape index (κ2) is 5.29. The van der Waals surface area contributed by atoms with Gasteiger partial charge in [0.05, 0.1) is 5.69 Å². The fourth-order valence-corrected chi connectivity index (χ4v) is 1.87. The molecule has 0 radical (unpaired) electrons. The number of halogens is 5. The average Bonchev–Trinajstić information content (AvgIpc) is 2.68. The van der Waals surface area contributed by atoms with Crippen molar-refractivity contribution in [2.24, 2.45) is 0 Å². The molecule has 0 saturated carbocycles. The van der Waals surface area contributed by atoms with Gasteiger partial charge in [-0.1, -0.05) is 39.3 Å². The molecule has 1 aromatic rings. The van der Waals surface area contributed by atoms with E-state index in [4.69, 9.17) is 0 Å². The van der Waals surface area contributed by atoms with Crippen LogP contribution < -0.4 is 0 Å². The first-order valence-corrected chi connectivity index (χ1v) is 6.32. The van der Waals surface area contributed by atoms with E-state index in [0.29, 0.717) is 6.42 Å². The Bertz CT molecular complexity index is 457. The van der Waals surface area contributed by atoms with Crippen LogP contribution in [0.25, 0.3) is 0 Å². The molecular formula is C12H18F5N3. The molecule has 0 spiro atoms. The number of alkyl halides is 5. The van der Waals surface area contributed by atoms with Gasteiger partial charge in [0.15, 0.2) is 5.69 Å². The second-order valence-corrected chi connectivity index (χ2v) is 5.69. The molecule has 0 bridgehead atoms. The third-order valence-corrected chi connectivity index (χ3v) is 2.82. The van der Waals surface area contributed by atoms with E-state index in [1.165, 1.54) is 0 Å². The highest BCUT2D eigenvalue weighted by Crippen LogP contribution is 2.46. The first-order chi connectivity index (χ1) is 8.93. The normalized spacial score (nSPS) is 13.8. The van der Waals surface area contributed by atoms with E-state index in [2.05, 4.69) is 10.3 Å². The largest absolute Gasteiger partial charge is 0.459 e. The molecule has 20 heavy (non-hydrogen) atoms. The Morgan fingerprint density at radius 2 is 1.60 bits per heavy atom. The van der Waals surface area contributed by atoms with Gasteiger partial charge < -0.3 is 0 Å². The van der Waals surface area contributed by atoms with Gasteiger partial charge in [0, 0.05) is 12.0 Å². The summed E-state index contributed by atoms with van der Waals surface area (Å²) < 4.78 is 65.8. The van der Waals surface area contributed by atoms with Gasteiger partial charge in [-0.15, -0.1) is 5.10 Å². The molecule has 0 fully saturated rings. The minimum Gasteiger partial charge on any atom is -0.248 e. The van der Waals surface area contributed by atoms with Crippen molar-refractivity contribution in [3.8, 4) is 0 Å². The van der Waals surface area contributed by atoms with E-state index < -0.39 is 23.2 Å². The van der Waals surface area contributed by atoms with Gasteiger partial charge in [-0.2, -0.15) is 22.0 Å². The number of hydrogen-bond donors (Lipinski definition) is 0. The van der Waals surface area contributed by atoms with Crippen molar-refractivity contribution in [1.82, 2.24) is 15.0 Å². The number of unbranched alkanes of at least 4 members (excludes halogenated alkanes) is 1. The van der Waals surface area contributed by atoms with Crippen LogP contribution in [0.4, 0.5) is 22.0 Å². The third-order valence-electron chi connectivity index (χ3n) is 2.82. The number of aromatic nitrogens is 3. The average molecular weight is 299 g/mol. The predicted molar refractivity (Wildman–Crippen MR) is 63.6 cm³/mol. The van der Waals surface area contributed by atoms with Gasteiger partial charge in [-0.05, 0) is 6.42 Å². The highest BCUT2D eigenvalue weighted by atomic mass is 19.4. The zero-order chi connectivity index (χ0) is 15.8. The monoisotopic (exact) mass is 299 g/mol. The van der Waals surface area contributed by atoms with Gasteiger partial charge in [-0.3, -0.25) is 0 Å². The maximum atomic E-state index is 13.5. The quantitative estimate of drug-likeness (QED) is 0.786. The maximum Gasteiger partial charge on any atom is 0.459 e. The van der Waals surface area contributed by atoms with E-state index in [0.717, 1.165) is 11.1 Å². The molecule has 0 amide bonds. The molecule has 0 aliphatic rings. The smallest absolute Gasteiger partial charge is 0.248 e. The van der Waals surface area contributed by atoms with Gasteiger partial charge in [0.1, 0.15) is 0 Å². The van der Waals surface area contributed by atoms with Gasteiger partial charge in [-0.25, -0.2) is 4.68 Å². The van der Waals surface area contributed by atoms with Crippen molar-refractivity contribution < 1.29 is 22.0 Å². The van der Waals surface area contributed by atoms with Crippen LogP contribution in [0.15, 0.2) is 0 Å². The van der Waals surface area contributed by atoms with Gasteiger partial charge in [0.25, 0.3) is 0 Å². The lowest BCUT2D eigenvalue weighted by Gasteiger charge is -2.25. The van der Waals surface area contributed by atoms with Crippen molar-refractivity contribution in [2.45, 2.75) is 64.6 Å². The summed E-state index contributed by atoms with van der Waals surface area (Å²) in [6.07, 6.45) is -4.28. The highest BCUT2D eigenvalue weighted by Gasteiger charge is 2.62. The van der Waals surface area contributed by atoms with Crippen molar-refractivity contribution in [3.63, 3.8) is 0 Å². The van der Waals surface area contributed by atoms with Crippen LogP contribution in [0.2, 0.25) is 0 Å². The topological polar surface area (TPSA) is 30.7 Å². The SMILES string of the molecule is CCCCn1nnc(C(F)(F)C(F)(F)F)c1C(C)(C)C. The van der Waals surface area contributed by atoms with Crippen LogP contribution in [-0.4, -0.2) is 21.2 Å². The lowest BCUT2D eigenvalue weighted by molar-refractivity contribution is -0.291. The minimum atomic E-state index is -5.68. The van der Waals surface area contributed by atoms with E-state index >= 15 is 0 Å². The Morgan fingerprint density at radius 3 is 2.00 bits per heavy atom. The summed E-state index contributed by atoms with van der Waals surface area (Å²) in [4.78, 5) is 0. The molecule has 0 aliphatic heterocycles. The molecule has 3 nitrogen and oxygen atoms in total. The van der Waals surface area contributed by atoms with Crippen molar-refractivity contribution >= 4 is 0 Å². The Kier molecular flexibility index (Phi) is 4.46. The Labute approximate surface area is 114 Å². The Hall–Kier alpha value is -1.21. The van der Waals surface area contributed by atoms with Crippen LogP contribution >= 0.6 is 0 Å². The van der Waals surface area contributed by atoms with Gasteiger partial charge >= 0.3 is 12.1 Å². The first-order valence-electron chi connectivity index (χ1n) is 6.32. The molecule has 1 heterocycles. The van der Waals surface area contributed by atoms with E-state index in [1.807, 2.05) is 6.92 Å². The molecule has 116 valence electrons. The van der Waals surface area contributed by atoms with Crippen molar-refractivity contribution in [3.05, 3.63) is 11.4 Å². The van der Waals surface area contributed by atoms with Gasteiger partial charge in [0.2, 0.25) is 0 Å². The van der Waals surface area contributed by atoms with Crippen LogP contribution in [0.5, 0.6) is 0 Å². The molecule has 1 aromatic heterocycles. The van der Waals surface area contributed by atoms with E-state index in [1.54, 1.807) is 20.8 Å². The summed E-state index contributed by atoms with van der Waals surface area (Å²) in [6, 6.07) is 0. The maximum absolute atomic E-state index is 13.5. The second-order valence-electron chi connectivity index (χ2n) is 5.69. The molecule has 0 N–H and O–H groups in total. The summed E-state index contributed by atoms with van der Waals surface area (Å²) >= 11 is 0. The summed E-state index contributed by atoms with van der Waals surface area (Å²) in [5.41, 5.74) is -2.39. The number of aryl methyl sites for hydroxylation is 1. The highest BCUT2D eigenvalue weighted by molar-refractivity contribution is 5.24. The summed E-state index contributed by atoms with van der Waals surface area (Å²) in [7, 11) is 0. The summed E-state index contributed by atoms with van der Waals surface area (Å²) in [5, 5.41) is 6.60. The lowest BCUT2D eigenvalue weighted by atomic mass is 9.88. The van der Waals surface area contributed by atoms with Crippen LogP contribution in [0.1, 0.15) is 51.9 Å². The molecule has 0 atom stereocenters. The number of nitrogens with zero attached hydrogens (tertiary/aromatic N) is 3. The molecule has 1 rings (SSSR count).